The zero-order valence-corrected chi connectivity index (χ0v) is 67.0. The molecule has 0 saturated heterocycles. The van der Waals surface area contributed by atoms with Crippen LogP contribution in [0.15, 0.2) is 109 Å². The van der Waals surface area contributed by atoms with Crippen LogP contribution in [0.1, 0.15) is 355 Å². The molecule has 0 aliphatic carbocycles. The molecule has 5 unspecified atom stereocenters. The molecule has 5 atom stereocenters. The Kier molecular flexibility index (Phi) is 74.9. The maximum Gasteiger partial charge on any atom is 0.472 e. The molecule has 0 aliphatic rings. The predicted molar refractivity (Wildman–Crippen MR) is 427 cm³/mol. The number of hydrogen-bond donors (Lipinski definition) is 4. The topological polar surface area (TPSA) is 231 Å². The van der Waals surface area contributed by atoms with Gasteiger partial charge in [0.25, 0.3) is 0 Å². The highest BCUT2D eigenvalue weighted by Crippen LogP contribution is 2.45. The van der Waals surface area contributed by atoms with Crippen LogP contribution in [-0.4, -0.2) is 95.9 Å². The number of esters is 3. The quantitative estimate of drug-likeness (QED) is 0.0146. The van der Waals surface area contributed by atoms with Gasteiger partial charge in [-0.15, -0.1) is 0 Å². The molecule has 0 spiro atoms. The van der Waals surface area contributed by atoms with E-state index in [-0.39, 0.29) is 19.3 Å². The lowest BCUT2D eigenvalue weighted by atomic mass is 10.0. The number of carbonyl (C=O) groups is 3. The molecule has 0 aliphatic heterocycles. The smallest absolute Gasteiger partial charge is 0.463 e. The van der Waals surface area contributed by atoms with Crippen molar-refractivity contribution in [2.45, 2.75) is 373 Å². The molecule has 0 fully saturated rings. The molecule has 103 heavy (non-hydrogen) atoms. The summed E-state index contributed by atoms with van der Waals surface area (Å²) < 4.78 is 61.1. The second kappa shape index (κ2) is 77.8. The standard InChI is InChI=1S/C85H150O16P2/c1-4-7-10-13-16-19-22-25-27-29-31-32-33-34-35-36-37-38-39-40-41-42-43-44-45-46-48-50-51-54-56-59-62-65-68-71-83(88)95-74-80(86)75-97-102(91,92)98-76-81(87)77-99-103(93,94)100-79-82(101-85(90)73-70-67-64-61-58-53-24-21-18-15-12-9-6-3)78-96-84(89)72-69-66-63-60-57-55-52-49-47-30-28-26-23-20-17-14-11-8-5-2/h7-8,10-11,16-17,19-20,25-28,31-32,34-35,47,49,80-82,86-87H,4-6,9,12-15,18,21-24,29-30,33,36-46,48,50-79H2,1-3H3,(H,91,92)(H,93,94)/b10-7-,11-8-,19-16-,20-17-,27-25-,28-26-,32-31-,35-34-,49-47-. The first-order valence-electron chi connectivity index (χ1n) is 41.2. The normalized spacial score (nSPS) is 14.5. The largest absolute Gasteiger partial charge is 0.472 e. The van der Waals surface area contributed by atoms with Crippen LogP contribution < -0.4 is 0 Å². The van der Waals surface area contributed by atoms with Gasteiger partial charge in [0, 0.05) is 19.3 Å². The van der Waals surface area contributed by atoms with Crippen LogP contribution >= 0.6 is 15.6 Å². The number of hydrogen-bond acceptors (Lipinski definition) is 14. The number of rotatable bonds is 78. The first-order valence-corrected chi connectivity index (χ1v) is 44.2. The van der Waals surface area contributed by atoms with Crippen molar-refractivity contribution in [1.29, 1.82) is 0 Å². The van der Waals surface area contributed by atoms with Gasteiger partial charge in [0.2, 0.25) is 0 Å². The Bertz CT molecular complexity index is 2310. The molecular formula is C85H150O16P2. The second-order valence-corrected chi connectivity index (χ2v) is 30.4. The van der Waals surface area contributed by atoms with Crippen LogP contribution in [-0.2, 0) is 55.8 Å². The van der Waals surface area contributed by atoms with E-state index in [2.05, 4.69) is 130 Å². The van der Waals surface area contributed by atoms with Crippen LogP contribution in [0.3, 0.4) is 0 Å². The van der Waals surface area contributed by atoms with Gasteiger partial charge in [0.1, 0.15) is 25.4 Å². The summed E-state index contributed by atoms with van der Waals surface area (Å²) in [4.78, 5) is 58.6. The Morgan fingerprint density at radius 3 is 0.816 bits per heavy atom. The maximum atomic E-state index is 12.9. The molecular weight excluding hydrogens is 1340 g/mol. The molecule has 0 aromatic rings. The third-order valence-electron chi connectivity index (χ3n) is 17.5. The SMILES string of the molecule is CC/C=C\C/C=C\C/C=C\C/C=C\C/C=C\CCCCCCCCCCCCCCCCCCCCCC(=O)OCC(O)COP(=O)(O)OCC(O)COP(=O)(O)OCC(COC(=O)CCCCCCCC/C=C\C/C=C\C/C=C\C/C=C\CC)OC(=O)CCCCCCCCCCCCCCC. The zero-order chi connectivity index (χ0) is 75.2. The zero-order valence-electron chi connectivity index (χ0n) is 65.2. The lowest BCUT2D eigenvalue weighted by Crippen LogP contribution is -2.30. The second-order valence-electron chi connectivity index (χ2n) is 27.5. The van der Waals surface area contributed by atoms with Gasteiger partial charge in [-0.3, -0.25) is 32.5 Å². The van der Waals surface area contributed by atoms with Gasteiger partial charge < -0.3 is 34.2 Å². The van der Waals surface area contributed by atoms with Crippen molar-refractivity contribution in [3.63, 3.8) is 0 Å². The predicted octanol–water partition coefficient (Wildman–Crippen LogP) is 24.3. The Morgan fingerprint density at radius 1 is 0.282 bits per heavy atom. The fourth-order valence-corrected chi connectivity index (χ4v) is 12.9. The lowest BCUT2D eigenvalue weighted by Gasteiger charge is -2.21. The van der Waals surface area contributed by atoms with E-state index in [4.69, 9.17) is 32.3 Å². The van der Waals surface area contributed by atoms with Crippen molar-refractivity contribution in [3.8, 4) is 0 Å². The number of aliphatic hydroxyl groups excluding tert-OH is 2. The molecule has 0 aromatic carbocycles. The average molecular weight is 1490 g/mol. The highest BCUT2D eigenvalue weighted by Gasteiger charge is 2.29. The van der Waals surface area contributed by atoms with Crippen molar-refractivity contribution >= 4 is 33.6 Å². The number of allylic oxidation sites excluding steroid dienone is 18. The first-order chi connectivity index (χ1) is 50.2. The van der Waals surface area contributed by atoms with Crippen molar-refractivity contribution < 1.29 is 75.8 Å². The van der Waals surface area contributed by atoms with E-state index in [1.807, 2.05) is 0 Å². The summed E-state index contributed by atoms with van der Waals surface area (Å²) in [6.07, 6.45) is 91.6. The van der Waals surface area contributed by atoms with Crippen LogP contribution in [0.25, 0.3) is 0 Å². The van der Waals surface area contributed by atoms with Crippen LogP contribution in [0.5, 0.6) is 0 Å². The molecule has 16 nitrogen and oxygen atoms in total. The maximum absolute atomic E-state index is 12.9. The molecule has 4 N–H and O–H groups in total. The number of aliphatic hydroxyl groups is 2. The van der Waals surface area contributed by atoms with E-state index >= 15 is 0 Å². The van der Waals surface area contributed by atoms with Gasteiger partial charge in [-0.2, -0.15) is 0 Å². The van der Waals surface area contributed by atoms with E-state index in [1.54, 1.807) is 0 Å². The number of unbranched alkanes of at least 4 members (excludes halogenated alkanes) is 37. The Morgan fingerprint density at radius 2 is 0.515 bits per heavy atom. The molecule has 0 bridgehead atoms. The minimum Gasteiger partial charge on any atom is -0.463 e. The monoisotopic (exact) mass is 1490 g/mol. The lowest BCUT2D eigenvalue weighted by molar-refractivity contribution is -0.161. The Hall–Kier alpha value is -3.79. The Labute approximate surface area is 628 Å². The molecule has 0 rings (SSSR count). The molecule has 0 amide bonds. The van der Waals surface area contributed by atoms with E-state index in [9.17, 15) is 43.5 Å². The molecule has 596 valence electrons. The minimum atomic E-state index is -4.93. The van der Waals surface area contributed by atoms with Gasteiger partial charge in [0.05, 0.1) is 26.4 Å². The molecule has 0 aromatic heterocycles. The third-order valence-corrected chi connectivity index (χ3v) is 19.4. The highest BCUT2D eigenvalue weighted by atomic mass is 31.2. The van der Waals surface area contributed by atoms with Gasteiger partial charge in [-0.05, 0) is 103 Å². The fourth-order valence-electron chi connectivity index (χ4n) is 11.3. The fraction of sp³-hybridized carbons (Fsp3) is 0.753. The summed E-state index contributed by atoms with van der Waals surface area (Å²) in [6.45, 7) is 2.48. The number of ether oxygens (including phenoxy) is 3. The van der Waals surface area contributed by atoms with Gasteiger partial charge in [-0.1, -0.05) is 342 Å². The van der Waals surface area contributed by atoms with Crippen molar-refractivity contribution in [1.82, 2.24) is 0 Å². The van der Waals surface area contributed by atoms with E-state index in [0.29, 0.717) is 19.3 Å². The summed E-state index contributed by atoms with van der Waals surface area (Å²) >= 11 is 0. The minimum absolute atomic E-state index is 0.105. The number of phosphoric ester groups is 2. The van der Waals surface area contributed by atoms with Crippen molar-refractivity contribution in [3.05, 3.63) is 109 Å². The molecule has 0 radical (unpaired) electrons. The summed E-state index contributed by atoms with van der Waals surface area (Å²) in [5, 5.41) is 20.6. The van der Waals surface area contributed by atoms with Crippen LogP contribution in [0.4, 0.5) is 0 Å². The highest BCUT2D eigenvalue weighted by molar-refractivity contribution is 7.47. The summed E-state index contributed by atoms with van der Waals surface area (Å²) in [6, 6.07) is 0. The molecule has 0 heterocycles. The Balaban J connectivity index is 4.35. The van der Waals surface area contributed by atoms with Crippen molar-refractivity contribution in [2.24, 2.45) is 0 Å². The molecule has 18 heteroatoms. The first kappa shape index (κ1) is 99.2. The third kappa shape index (κ3) is 79.1. The summed E-state index contributed by atoms with van der Waals surface area (Å²) in [5.74, 6) is -1.57. The van der Waals surface area contributed by atoms with Crippen LogP contribution in [0, 0.1) is 0 Å². The molecule has 0 saturated carbocycles. The van der Waals surface area contributed by atoms with Gasteiger partial charge >= 0.3 is 33.6 Å². The number of carbonyl (C=O) groups excluding carboxylic acids is 3. The van der Waals surface area contributed by atoms with Gasteiger partial charge in [-0.25, -0.2) is 9.13 Å². The van der Waals surface area contributed by atoms with Crippen LogP contribution in [0.2, 0.25) is 0 Å². The summed E-state index contributed by atoms with van der Waals surface area (Å²) in [7, 11) is -9.78. The van der Waals surface area contributed by atoms with E-state index < -0.39 is 91.5 Å². The summed E-state index contributed by atoms with van der Waals surface area (Å²) in [5.41, 5.74) is 0. The van der Waals surface area contributed by atoms with Crippen molar-refractivity contribution in [2.75, 3.05) is 39.6 Å². The van der Waals surface area contributed by atoms with E-state index in [0.717, 1.165) is 141 Å². The van der Waals surface area contributed by atoms with E-state index in [1.165, 1.54) is 154 Å². The number of phosphoric acid groups is 2. The van der Waals surface area contributed by atoms with Gasteiger partial charge in [0.15, 0.2) is 6.10 Å². The average Bonchev–Trinajstić information content (AvgIpc) is 0.925.